The van der Waals surface area contributed by atoms with Crippen LogP contribution in [-0.4, -0.2) is 20.7 Å². The Bertz CT molecular complexity index is 458. The number of pyridine rings is 1. The molecule has 0 aliphatic carbocycles. The van der Waals surface area contributed by atoms with E-state index < -0.39 is 0 Å². The second kappa shape index (κ2) is 7.08. The minimum Gasteiger partial charge on any atom is -0.309 e. The second-order valence-corrected chi connectivity index (χ2v) is 5.00. The first-order valence-corrected chi connectivity index (χ1v) is 6.90. The fourth-order valence-corrected chi connectivity index (χ4v) is 2.00. The van der Waals surface area contributed by atoms with Crippen LogP contribution in [0.4, 0.5) is 0 Å². The van der Waals surface area contributed by atoms with Crippen LogP contribution in [0.1, 0.15) is 18.1 Å². The van der Waals surface area contributed by atoms with Crippen molar-refractivity contribution in [1.82, 2.24) is 20.3 Å². The first-order valence-electron chi connectivity index (χ1n) is 5.92. The lowest BCUT2D eigenvalue weighted by Gasteiger charge is -2.04. The molecule has 2 aromatic heterocycles. The van der Waals surface area contributed by atoms with Gasteiger partial charge in [-0.25, -0.2) is 9.97 Å². The van der Waals surface area contributed by atoms with E-state index in [0.717, 1.165) is 29.6 Å². The van der Waals surface area contributed by atoms with Crippen LogP contribution in [0.5, 0.6) is 0 Å². The maximum atomic E-state index is 4.30. The molecular weight excluding hydrogens is 244 g/mol. The molecule has 0 aliphatic heterocycles. The Balaban J connectivity index is 1.80. The molecule has 0 radical (unpaired) electrons. The molecule has 0 saturated carbocycles. The van der Waals surface area contributed by atoms with Gasteiger partial charge in [0.15, 0.2) is 5.16 Å². The molecule has 0 atom stereocenters. The normalized spacial score (nSPS) is 10.5. The predicted octanol–water partition coefficient (Wildman–Crippen LogP) is 2.27. The first kappa shape index (κ1) is 13.0. The highest BCUT2D eigenvalue weighted by Crippen LogP contribution is 2.10. The molecule has 0 unspecified atom stereocenters. The van der Waals surface area contributed by atoms with Crippen LogP contribution in [0.3, 0.4) is 0 Å². The van der Waals surface area contributed by atoms with Crippen LogP contribution < -0.4 is 5.32 Å². The summed E-state index contributed by atoms with van der Waals surface area (Å²) in [5, 5.41) is 4.20. The smallest absolute Gasteiger partial charge is 0.187 e. The van der Waals surface area contributed by atoms with E-state index in [-0.39, 0.29) is 0 Å². The summed E-state index contributed by atoms with van der Waals surface area (Å²) in [4.78, 5) is 12.6. The number of aromatic nitrogens is 3. The Morgan fingerprint density at radius 3 is 2.39 bits per heavy atom. The molecule has 0 aliphatic rings. The molecule has 0 spiro atoms. The van der Waals surface area contributed by atoms with Crippen molar-refractivity contribution in [3.63, 3.8) is 0 Å². The van der Waals surface area contributed by atoms with Crippen molar-refractivity contribution in [1.29, 1.82) is 0 Å². The van der Waals surface area contributed by atoms with Crippen LogP contribution in [0.15, 0.2) is 42.1 Å². The Morgan fingerprint density at radius 1 is 1.06 bits per heavy atom. The van der Waals surface area contributed by atoms with E-state index in [1.54, 1.807) is 24.2 Å². The van der Waals surface area contributed by atoms with Crippen LogP contribution in [0.25, 0.3) is 0 Å². The maximum Gasteiger partial charge on any atom is 0.187 e. The van der Waals surface area contributed by atoms with Gasteiger partial charge < -0.3 is 5.32 Å². The van der Waals surface area contributed by atoms with Crippen molar-refractivity contribution in [2.45, 2.75) is 25.2 Å². The highest BCUT2D eigenvalue weighted by molar-refractivity contribution is 7.99. The molecule has 0 saturated heterocycles. The Kier molecular flexibility index (Phi) is 5.11. The van der Waals surface area contributed by atoms with Crippen molar-refractivity contribution in [2.24, 2.45) is 0 Å². The third-order valence-electron chi connectivity index (χ3n) is 2.36. The largest absolute Gasteiger partial charge is 0.309 e. The number of rotatable bonds is 6. The number of thioether (sulfide) groups is 1. The Morgan fingerprint density at radius 2 is 1.72 bits per heavy atom. The average Bonchev–Trinajstić information content (AvgIpc) is 2.42. The third kappa shape index (κ3) is 4.09. The third-order valence-corrected chi connectivity index (χ3v) is 3.12. The summed E-state index contributed by atoms with van der Waals surface area (Å²) >= 11 is 1.66. The van der Waals surface area contributed by atoms with Gasteiger partial charge in [-0.2, -0.15) is 0 Å². The highest BCUT2D eigenvalue weighted by atomic mass is 32.2. The van der Waals surface area contributed by atoms with Gasteiger partial charge in [0.2, 0.25) is 0 Å². The van der Waals surface area contributed by atoms with Gasteiger partial charge in [0.05, 0.1) is 0 Å². The van der Waals surface area contributed by atoms with E-state index in [1.807, 2.05) is 24.5 Å². The number of hydrogen-bond acceptors (Lipinski definition) is 5. The van der Waals surface area contributed by atoms with Crippen molar-refractivity contribution >= 4 is 11.8 Å². The summed E-state index contributed by atoms with van der Waals surface area (Å²) < 4.78 is 0. The molecule has 2 heterocycles. The molecule has 0 aromatic carbocycles. The predicted molar refractivity (Wildman–Crippen MR) is 73.2 cm³/mol. The van der Waals surface area contributed by atoms with Crippen LogP contribution in [0, 0.1) is 0 Å². The summed E-state index contributed by atoms with van der Waals surface area (Å²) in [6, 6.07) is 4.01. The summed E-state index contributed by atoms with van der Waals surface area (Å²) in [5.41, 5.74) is 2.33. The highest BCUT2D eigenvalue weighted by Gasteiger charge is 1.97. The lowest BCUT2D eigenvalue weighted by molar-refractivity contribution is 0.684. The Hall–Kier alpha value is -1.46. The molecule has 4 nitrogen and oxygen atoms in total. The molecule has 94 valence electrons. The molecule has 2 rings (SSSR count). The monoisotopic (exact) mass is 260 g/mol. The fourth-order valence-electron chi connectivity index (χ4n) is 1.49. The van der Waals surface area contributed by atoms with Gasteiger partial charge in [0.25, 0.3) is 0 Å². The van der Waals surface area contributed by atoms with Gasteiger partial charge in [-0.05, 0) is 23.4 Å². The first-order chi connectivity index (χ1) is 8.88. The lowest BCUT2D eigenvalue weighted by Crippen LogP contribution is -2.13. The van der Waals surface area contributed by atoms with Crippen molar-refractivity contribution < 1.29 is 0 Å². The van der Waals surface area contributed by atoms with E-state index in [0.29, 0.717) is 0 Å². The molecule has 1 N–H and O–H groups in total. The van der Waals surface area contributed by atoms with Crippen LogP contribution in [-0.2, 0) is 13.1 Å². The molecular formula is C13H16N4S. The summed E-state index contributed by atoms with van der Waals surface area (Å²) in [6.07, 6.45) is 7.36. The van der Waals surface area contributed by atoms with Crippen LogP contribution in [0.2, 0.25) is 0 Å². The Labute approximate surface area is 111 Å². The van der Waals surface area contributed by atoms with Gasteiger partial charge in [-0.3, -0.25) is 4.98 Å². The van der Waals surface area contributed by atoms with E-state index in [1.165, 1.54) is 5.56 Å². The molecule has 0 fully saturated rings. The summed E-state index contributed by atoms with van der Waals surface area (Å²) in [5.74, 6) is 1.000. The van der Waals surface area contributed by atoms with E-state index in [4.69, 9.17) is 0 Å². The van der Waals surface area contributed by atoms with Gasteiger partial charge in [-0.1, -0.05) is 18.7 Å². The van der Waals surface area contributed by atoms with Crippen molar-refractivity contribution in [3.05, 3.63) is 48.0 Å². The van der Waals surface area contributed by atoms with E-state index >= 15 is 0 Å². The standard InChI is InChI=1S/C13H16N4S/c1-2-18-13-16-9-12(10-17-13)8-15-7-11-3-5-14-6-4-11/h3-6,9-10,15H,2,7-8H2,1H3. The molecule has 18 heavy (non-hydrogen) atoms. The minimum absolute atomic E-state index is 0.777. The summed E-state index contributed by atoms with van der Waals surface area (Å²) in [7, 11) is 0. The second-order valence-electron chi connectivity index (χ2n) is 3.77. The zero-order valence-corrected chi connectivity index (χ0v) is 11.2. The number of hydrogen-bond donors (Lipinski definition) is 1. The van der Waals surface area contributed by atoms with Crippen LogP contribution >= 0.6 is 11.8 Å². The molecule has 5 heteroatoms. The molecule has 0 bridgehead atoms. The zero-order chi connectivity index (χ0) is 12.6. The van der Waals surface area contributed by atoms with Gasteiger partial charge in [-0.15, -0.1) is 0 Å². The fraction of sp³-hybridized carbons (Fsp3) is 0.308. The topological polar surface area (TPSA) is 50.7 Å². The van der Waals surface area contributed by atoms with E-state index in [9.17, 15) is 0 Å². The van der Waals surface area contributed by atoms with Gasteiger partial charge in [0, 0.05) is 43.4 Å². The average molecular weight is 260 g/mol. The zero-order valence-electron chi connectivity index (χ0n) is 10.3. The molecule has 2 aromatic rings. The number of nitrogens with zero attached hydrogens (tertiary/aromatic N) is 3. The number of nitrogens with one attached hydrogen (secondary N) is 1. The lowest BCUT2D eigenvalue weighted by atomic mass is 10.2. The van der Waals surface area contributed by atoms with Gasteiger partial charge >= 0.3 is 0 Å². The van der Waals surface area contributed by atoms with Crippen molar-refractivity contribution in [3.8, 4) is 0 Å². The quantitative estimate of drug-likeness (QED) is 0.638. The van der Waals surface area contributed by atoms with Gasteiger partial charge in [0.1, 0.15) is 0 Å². The minimum atomic E-state index is 0.777. The van der Waals surface area contributed by atoms with E-state index in [2.05, 4.69) is 27.2 Å². The molecule has 0 amide bonds. The van der Waals surface area contributed by atoms with Crippen molar-refractivity contribution in [2.75, 3.05) is 5.75 Å². The SMILES string of the molecule is CCSc1ncc(CNCc2ccncc2)cn1. The maximum absolute atomic E-state index is 4.30. The summed E-state index contributed by atoms with van der Waals surface area (Å²) in [6.45, 7) is 3.70.